The van der Waals surface area contributed by atoms with Crippen molar-refractivity contribution in [3.8, 4) is 0 Å². The molecule has 0 fully saturated rings. The topological polar surface area (TPSA) is 80.2 Å². The first-order valence-electron chi connectivity index (χ1n) is 3.77. The van der Waals surface area contributed by atoms with Gasteiger partial charge in [-0.3, -0.25) is 4.55 Å². The molecule has 0 radical (unpaired) electrons. The van der Waals surface area contributed by atoms with Gasteiger partial charge in [0.05, 0.1) is 5.52 Å². The molecule has 0 aliphatic carbocycles. The molecule has 0 spiro atoms. The first kappa shape index (κ1) is 9.04. The summed E-state index contributed by atoms with van der Waals surface area (Å²) in [6.07, 6.45) is 1.35. The van der Waals surface area contributed by atoms with Gasteiger partial charge in [-0.15, -0.1) is 0 Å². The molecule has 72 valence electrons. The molecule has 2 aromatic rings. The summed E-state index contributed by atoms with van der Waals surface area (Å²) in [5, 5.41) is 0.149. The first-order valence-corrected chi connectivity index (χ1v) is 5.21. The van der Waals surface area contributed by atoms with Gasteiger partial charge in [0.2, 0.25) is 0 Å². The molecule has 2 rings (SSSR count). The van der Waals surface area contributed by atoms with E-state index in [1.165, 1.54) is 6.20 Å². The largest absolute Gasteiger partial charge is 0.330 e. The zero-order chi connectivity index (χ0) is 10.2. The minimum atomic E-state index is -4.32. The first-order chi connectivity index (χ1) is 6.57. The molecule has 0 amide bonds. The molecule has 0 saturated heterocycles. The van der Waals surface area contributed by atoms with Gasteiger partial charge < -0.3 is 0 Å². The highest BCUT2D eigenvalue weighted by molar-refractivity contribution is 7.85. The number of aromatic nitrogens is 2. The van der Waals surface area contributed by atoms with E-state index >= 15 is 0 Å². The second kappa shape index (κ2) is 3.00. The van der Waals surface area contributed by atoms with Crippen molar-refractivity contribution < 1.29 is 13.0 Å². The van der Waals surface area contributed by atoms with Crippen molar-refractivity contribution in [1.29, 1.82) is 0 Å². The van der Waals surface area contributed by atoms with Crippen LogP contribution in [0.25, 0.3) is 10.9 Å². The lowest BCUT2D eigenvalue weighted by Crippen LogP contribution is -2.04. The molecule has 0 aliphatic heterocycles. The number of para-hydroxylation sites is 1. The van der Waals surface area contributed by atoms with E-state index < -0.39 is 15.3 Å². The zero-order valence-electron chi connectivity index (χ0n) is 6.95. The number of rotatable bonds is 1. The second-order valence-corrected chi connectivity index (χ2v) is 4.00. The molecular formula is C8H6N2O3S. The summed E-state index contributed by atoms with van der Waals surface area (Å²) >= 11 is 0. The number of fused-ring (bicyclic) bond motifs is 1. The van der Waals surface area contributed by atoms with Gasteiger partial charge in [0.15, 0.2) is 0 Å². The highest BCUT2D eigenvalue weighted by atomic mass is 32.2. The predicted octanol–water partition coefficient (Wildman–Crippen LogP) is 0.877. The fraction of sp³-hybridized carbons (Fsp3) is 0. The summed E-state index contributed by atoms with van der Waals surface area (Å²) < 4.78 is 30.1. The monoisotopic (exact) mass is 210 g/mol. The Bertz CT molecular complexity index is 580. The minimum Gasteiger partial charge on any atom is -0.279 e. The van der Waals surface area contributed by atoms with Crippen molar-refractivity contribution in [2.75, 3.05) is 0 Å². The quantitative estimate of drug-likeness (QED) is 0.558. The fourth-order valence-corrected chi connectivity index (χ4v) is 1.48. The van der Waals surface area contributed by atoms with Gasteiger partial charge in [0, 0.05) is 11.6 Å². The molecule has 0 unspecified atom stereocenters. The highest BCUT2D eigenvalue weighted by Crippen LogP contribution is 2.11. The van der Waals surface area contributed by atoms with Crippen molar-refractivity contribution in [2.24, 2.45) is 0 Å². The minimum absolute atomic E-state index is 0.482. The number of benzene rings is 1. The van der Waals surface area contributed by atoms with Gasteiger partial charge in [0.1, 0.15) is 0 Å². The third kappa shape index (κ3) is 1.57. The molecule has 1 aromatic carbocycles. The summed E-state index contributed by atoms with van der Waals surface area (Å²) in [7, 11) is -4.32. The van der Waals surface area contributed by atoms with Crippen LogP contribution in [0.1, 0.15) is 0 Å². The lowest BCUT2D eigenvalue weighted by molar-refractivity contribution is 0.475. The van der Waals surface area contributed by atoms with Gasteiger partial charge >= 0.3 is 10.1 Å². The van der Waals surface area contributed by atoms with E-state index in [0.29, 0.717) is 5.52 Å². The van der Waals surface area contributed by atoms with Crippen LogP contribution in [0.4, 0.5) is 0 Å². The van der Waals surface area contributed by atoms with E-state index in [1.807, 2.05) is 0 Å². The predicted molar refractivity (Wildman–Crippen MR) is 49.4 cm³/mol. The maximum atomic E-state index is 10.7. The maximum Gasteiger partial charge on any atom is 0.330 e. The Balaban J connectivity index is 2.75. The maximum absolute atomic E-state index is 10.7. The van der Waals surface area contributed by atoms with Crippen LogP contribution in [0.3, 0.4) is 0 Å². The number of nitrogens with zero attached hydrogens (tertiary/aromatic N) is 2. The van der Waals surface area contributed by atoms with Crippen molar-refractivity contribution in [3.05, 3.63) is 30.5 Å². The Morgan fingerprint density at radius 1 is 1.21 bits per heavy atom. The van der Waals surface area contributed by atoms with Gasteiger partial charge in [-0.25, -0.2) is 9.97 Å². The smallest absolute Gasteiger partial charge is 0.279 e. The second-order valence-electron chi connectivity index (χ2n) is 2.69. The van der Waals surface area contributed by atoms with Crippen LogP contribution < -0.4 is 0 Å². The summed E-state index contributed by atoms with van der Waals surface area (Å²) in [5.74, 6) is 0. The normalized spacial score (nSPS) is 11.8. The highest BCUT2D eigenvalue weighted by Gasteiger charge is 2.13. The van der Waals surface area contributed by atoms with Crippen LogP contribution in [0, 0.1) is 0 Å². The van der Waals surface area contributed by atoms with Crippen molar-refractivity contribution in [3.63, 3.8) is 0 Å². The van der Waals surface area contributed by atoms with Crippen LogP contribution in [0.5, 0.6) is 0 Å². The molecule has 1 aromatic heterocycles. The van der Waals surface area contributed by atoms with E-state index in [-0.39, 0.29) is 0 Å². The van der Waals surface area contributed by atoms with Crippen molar-refractivity contribution >= 4 is 21.0 Å². The molecule has 0 bridgehead atoms. The molecule has 0 aliphatic rings. The van der Waals surface area contributed by atoms with Gasteiger partial charge in [-0.05, 0) is 6.07 Å². The van der Waals surface area contributed by atoms with E-state index in [4.69, 9.17) is 4.55 Å². The van der Waals surface area contributed by atoms with Crippen LogP contribution in [0.15, 0.2) is 35.6 Å². The Labute approximate surface area is 80.2 Å². The molecule has 1 heterocycles. The Morgan fingerprint density at radius 3 is 2.64 bits per heavy atom. The van der Waals surface area contributed by atoms with Crippen molar-refractivity contribution in [2.45, 2.75) is 5.16 Å². The average Bonchev–Trinajstić information content (AvgIpc) is 2.16. The third-order valence-electron chi connectivity index (χ3n) is 1.70. The van der Waals surface area contributed by atoms with Crippen LogP contribution in [-0.4, -0.2) is 22.9 Å². The fourth-order valence-electron chi connectivity index (χ4n) is 1.08. The van der Waals surface area contributed by atoms with Crippen LogP contribution in [0.2, 0.25) is 0 Å². The van der Waals surface area contributed by atoms with E-state index in [9.17, 15) is 8.42 Å². The molecule has 0 saturated carbocycles. The number of hydrogen-bond donors (Lipinski definition) is 1. The Hall–Kier alpha value is -1.53. The summed E-state index contributed by atoms with van der Waals surface area (Å²) in [6, 6.07) is 6.91. The van der Waals surface area contributed by atoms with E-state index in [1.54, 1.807) is 24.3 Å². The van der Waals surface area contributed by atoms with E-state index in [2.05, 4.69) is 9.97 Å². The molecule has 5 nitrogen and oxygen atoms in total. The summed E-state index contributed by atoms with van der Waals surface area (Å²) in [6.45, 7) is 0. The Kier molecular flexibility index (Phi) is 1.94. The van der Waals surface area contributed by atoms with Gasteiger partial charge in [0.25, 0.3) is 5.16 Å². The number of hydrogen-bond acceptors (Lipinski definition) is 4. The van der Waals surface area contributed by atoms with Crippen LogP contribution in [-0.2, 0) is 10.1 Å². The van der Waals surface area contributed by atoms with E-state index in [0.717, 1.165) is 5.39 Å². The third-order valence-corrected chi connectivity index (χ3v) is 2.36. The van der Waals surface area contributed by atoms with Crippen molar-refractivity contribution in [1.82, 2.24) is 9.97 Å². The van der Waals surface area contributed by atoms with Gasteiger partial charge in [-0.2, -0.15) is 8.42 Å². The molecular weight excluding hydrogens is 204 g/mol. The lowest BCUT2D eigenvalue weighted by atomic mass is 10.2. The average molecular weight is 210 g/mol. The summed E-state index contributed by atoms with van der Waals surface area (Å²) in [4.78, 5) is 7.23. The molecule has 1 N–H and O–H groups in total. The molecule has 0 atom stereocenters. The molecule has 14 heavy (non-hydrogen) atoms. The standard InChI is InChI=1S/C8H6N2O3S/c11-14(12,13)8-9-5-6-3-1-2-4-7(6)10-8/h1-5H,(H,11,12,13). The molecule has 6 heteroatoms. The zero-order valence-corrected chi connectivity index (χ0v) is 7.77. The van der Waals surface area contributed by atoms with Gasteiger partial charge in [-0.1, -0.05) is 18.2 Å². The van der Waals surface area contributed by atoms with Crippen LogP contribution >= 0.6 is 0 Å². The summed E-state index contributed by atoms with van der Waals surface area (Å²) in [5.41, 5.74) is 0.482. The lowest BCUT2D eigenvalue weighted by Gasteiger charge is -1.97. The SMILES string of the molecule is O=S(=O)(O)c1ncc2ccccc2n1. The Morgan fingerprint density at radius 2 is 1.93 bits per heavy atom.